The van der Waals surface area contributed by atoms with E-state index >= 15 is 0 Å². The van der Waals surface area contributed by atoms with Gasteiger partial charge in [-0.15, -0.1) is 0 Å². The predicted molar refractivity (Wildman–Crippen MR) is 63.0 cm³/mol. The van der Waals surface area contributed by atoms with E-state index in [9.17, 15) is 9.59 Å². The average Bonchev–Trinajstić information content (AvgIpc) is 2.22. The molecule has 0 radical (unpaired) electrons. The molecule has 0 aromatic carbocycles. The smallest absolute Gasteiger partial charge is 0.306 e. The van der Waals surface area contributed by atoms with E-state index in [0.717, 1.165) is 19.3 Å². The molecule has 0 spiro atoms. The minimum Gasteiger partial charge on any atom is -0.466 e. The van der Waals surface area contributed by atoms with Gasteiger partial charge in [0, 0.05) is 5.41 Å². The van der Waals surface area contributed by atoms with Crippen molar-refractivity contribution in [2.24, 2.45) is 11.3 Å². The summed E-state index contributed by atoms with van der Waals surface area (Å²) in [6.45, 7) is 2.16. The van der Waals surface area contributed by atoms with Gasteiger partial charge in [0.15, 0.2) is 5.78 Å². The number of Topliss-reactive ketones (excluding diaryl/α,β-unsaturated/α-hetero) is 1. The fourth-order valence-electron chi connectivity index (χ4n) is 2.70. The number of halogens is 1. The highest BCUT2D eigenvalue weighted by atomic mass is 79.9. The lowest BCUT2D eigenvalue weighted by Crippen LogP contribution is -2.50. The van der Waals surface area contributed by atoms with Crippen LogP contribution in [0.2, 0.25) is 0 Å². The fourth-order valence-corrected chi connectivity index (χ4v) is 3.28. The second kappa shape index (κ2) is 4.32. The van der Waals surface area contributed by atoms with Gasteiger partial charge in [0.1, 0.15) is 0 Å². The first-order valence-corrected chi connectivity index (χ1v) is 6.45. The van der Waals surface area contributed by atoms with Gasteiger partial charge in [-0.3, -0.25) is 9.59 Å². The van der Waals surface area contributed by atoms with E-state index in [2.05, 4.69) is 15.9 Å². The van der Waals surface area contributed by atoms with Crippen molar-refractivity contribution in [1.82, 2.24) is 0 Å². The van der Waals surface area contributed by atoms with Crippen LogP contribution in [0.5, 0.6) is 0 Å². The quantitative estimate of drug-likeness (QED) is 0.749. The first-order valence-electron chi connectivity index (χ1n) is 5.66. The summed E-state index contributed by atoms with van der Waals surface area (Å²) in [7, 11) is 0. The molecule has 2 aliphatic rings. The summed E-state index contributed by atoms with van der Waals surface area (Å²) in [4.78, 5) is 23.7. The van der Waals surface area contributed by atoms with Crippen molar-refractivity contribution < 1.29 is 14.3 Å². The molecule has 2 unspecified atom stereocenters. The molecular weight excluding hydrogens is 272 g/mol. The van der Waals surface area contributed by atoms with Crippen LogP contribution < -0.4 is 0 Å². The molecule has 1 saturated carbocycles. The fraction of sp³-hybridized carbons (Fsp3) is 0.667. The van der Waals surface area contributed by atoms with Crippen molar-refractivity contribution in [2.75, 3.05) is 6.61 Å². The monoisotopic (exact) mass is 286 g/mol. The molecule has 2 aliphatic carbocycles. The SMILES string of the molecule is CCOC(=O)CC12CCC1CC=C(Br)C2=O. The van der Waals surface area contributed by atoms with Crippen molar-refractivity contribution in [1.29, 1.82) is 0 Å². The zero-order valence-electron chi connectivity index (χ0n) is 9.29. The number of carbonyl (C=O) groups excluding carboxylic acids is 2. The van der Waals surface area contributed by atoms with Gasteiger partial charge in [-0.1, -0.05) is 6.08 Å². The van der Waals surface area contributed by atoms with Crippen molar-refractivity contribution >= 4 is 27.7 Å². The maximum Gasteiger partial charge on any atom is 0.306 e. The van der Waals surface area contributed by atoms with Crippen LogP contribution in [-0.4, -0.2) is 18.4 Å². The predicted octanol–water partition coefficient (Wildman–Crippen LogP) is 2.59. The summed E-state index contributed by atoms with van der Waals surface area (Å²) in [6.07, 6.45) is 4.93. The molecule has 0 N–H and O–H groups in total. The Hall–Kier alpha value is -0.640. The first-order chi connectivity index (χ1) is 7.60. The van der Waals surface area contributed by atoms with Crippen LogP contribution in [0.1, 0.15) is 32.6 Å². The van der Waals surface area contributed by atoms with E-state index in [0.29, 0.717) is 17.0 Å². The Morgan fingerprint density at radius 1 is 1.69 bits per heavy atom. The third-order valence-corrected chi connectivity index (χ3v) is 4.42. The number of esters is 1. The van der Waals surface area contributed by atoms with Crippen LogP contribution in [0.3, 0.4) is 0 Å². The van der Waals surface area contributed by atoms with Crippen molar-refractivity contribution in [3.05, 3.63) is 10.6 Å². The van der Waals surface area contributed by atoms with Crippen LogP contribution >= 0.6 is 15.9 Å². The van der Waals surface area contributed by atoms with Gasteiger partial charge in [0.2, 0.25) is 0 Å². The number of ether oxygens (including phenoxy) is 1. The van der Waals surface area contributed by atoms with Crippen LogP contribution in [0.4, 0.5) is 0 Å². The van der Waals surface area contributed by atoms with E-state index < -0.39 is 5.41 Å². The molecule has 1 fully saturated rings. The van der Waals surface area contributed by atoms with Crippen LogP contribution in [-0.2, 0) is 14.3 Å². The normalized spacial score (nSPS) is 32.5. The van der Waals surface area contributed by atoms with Gasteiger partial charge in [-0.25, -0.2) is 0 Å². The van der Waals surface area contributed by atoms with E-state index in [1.165, 1.54) is 0 Å². The largest absolute Gasteiger partial charge is 0.466 e. The van der Waals surface area contributed by atoms with Gasteiger partial charge in [-0.2, -0.15) is 0 Å². The molecule has 0 aromatic rings. The lowest BCUT2D eigenvalue weighted by molar-refractivity contribution is -0.156. The van der Waals surface area contributed by atoms with Crippen LogP contribution in [0.25, 0.3) is 0 Å². The Kier molecular flexibility index (Phi) is 3.19. The van der Waals surface area contributed by atoms with E-state index in [1.54, 1.807) is 6.92 Å². The van der Waals surface area contributed by atoms with Crippen LogP contribution in [0.15, 0.2) is 10.6 Å². The Labute approximate surface area is 103 Å². The number of hydrogen-bond donors (Lipinski definition) is 0. The van der Waals surface area contributed by atoms with Gasteiger partial charge >= 0.3 is 5.97 Å². The van der Waals surface area contributed by atoms with Crippen molar-refractivity contribution in [2.45, 2.75) is 32.6 Å². The minimum absolute atomic E-state index is 0.0862. The highest BCUT2D eigenvalue weighted by Gasteiger charge is 2.55. The Morgan fingerprint density at radius 2 is 2.44 bits per heavy atom. The van der Waals surface area contributed by atoms with Gasteiger partial charge < -0.3 is 4.74 Å². The number of carbonyl (C=O) groups is 2. The highest BCUT2D eigenvalue weighted by molar-refractivity contribution is 9.12. The van der Waals surface area contributed by atoms with E-state index in [1.807, 2.05) is 6.08 Å². The summed E-state index contributed by atoms with van der Waals surface area (Å²) in [5.41, 5.74) is -0.458. The first kappa shape index (κ1) is 11.8. The third kappa shape index (κ3) is 1.73. The number of allylic oxidation sites excluding steroid dienone is 2. The third-order valence-electron chi connectivity index (χ3n) is 3.74. The molecule has 16 heavy (non-hydrogen) atoms. The summed E-state index contributed by atoms with van der Waals surface area (Å²) < 4.78 is 5.58. The Bertz CT molecular complexity index is 361. The van der Waals surface area contributed by atoms with Crippen LogP contribution in [0, 0.1) is 11.3 Å². The van der Waals surface area contributed by atoms with Gasteiger partial charge in [0.25, 0.3) is 0 Å². The molecule has 0 heterocycles. The maximum atomic E-state index is 12.1. The number of hydrogen-bond acceptors (Lipinski definition) is 3. The van der Waals surface area contributed by atoms with Crippen molar-refractivity contribution in [3.63, 3.8) is 0 Å². The lowest BCUT2D eigenvalue weighted by atomic mass is 9.53. The van der Waals surface area contributed by atoms with Crippen molar-refractivity contribution in [3.8, 4) is 0 Å². The zero-order valence-corrected chi connectivity index (χ0v) is 10.9. The average molecular weight is 287 g/mol. The van der Waals surface area contributed by atoms with Gasteiger partial charge in [-0.05, 0) is 48.0 Å². The van der Waals surface area contributed by atoms with E-state index in [4.69, 9.17) is 4.74 Å². The molecule has 0 bridgehead atoms. The minimum atomic E-state index is -0.458. The number of rotatable bonds is 3. The van der Waals surface area contributed by atoms with Gasteiger partial charge in [0.05, 0.1) is 17.5 Å². The molecule has 0 amide bonds. The molecular formula is C12H15BrO3. The Balaban J connectivity index is 2.14. The molecule has 2 atom stereocenters. The topological polar surface area (TPSA) is 43.4 Å². The molecule has 88 valence electrons. The molecule has 0 aliphatic heterocycles. The zero-order chi connectivity index (χ0) is 11.8. The summed E-state index contributed by atoms with van der Waals surface area (Å²) in [5.74, 6) is 0.177. The summed E-state index contributed by atoms with van der Waals surface area (Å²) in [5, 5.41) is 0. The highest BCUT2D eigenvalue weighted by Crippen LogP contribution is 2.56. The number of ketones is 1. The summed E-state index contributed by atoms with van der Waals surface area (Å²) >= 11 is 3.28. The van der Waals surface area contributed by atoms with E-state index in [-0.39, 0.29) is 18.2 Å². The Morgan fingerprint density at radius 3 is 3.00 bits per heavy atom. The molecule has 4 heteroatoms. The molecule has 0 aromatic heterocycles. The lowest BCUT2D eigenvalue weighted by Gasteiger charge is -2.49. The number of fused-ring (bicyclic) bond motifs is 1. The molecule has 0 saturated heterocycles. The molecule has 2 rings (SSSR count). The molecule has 3 nitrogen and oxygen atoms in total. The summed E-state index contributed by atoms with van der Waals surface area (Å²) in [6, 6.07) is 0. The second-order valence-corrected chi connectivity index (χ2v) is 5.34. The second-order valence-electron chi connectivity index (χ2n) is 4.49. The maximum absolute atomic E-state index is 12.1. The standard InChI is InChI=1S/C12H15BrO3/c1-2-16-10(14)7-12-6-5-8(12)3-4-9(13)11(12)15/h4,8H,2-3,5-7H2,1H3.